The van der Waals surface area contributed by atoms with Gasteiger partial charge in [-0.15, -0.1) is 0 Å². The molecule has 0 atom stereocenters. The third kappa shape index (κ3) is 3.32. The van der Waals surface area contributed by atoms with Crippen LogP contribution in [0.2, 0.25) is 0 Å². The summed E-state index contributed by atoms with van der Waals surface area (Å²) in [5.41, 5.74) is 0. The van der Waals surface area contributed by atoms with Crippen molar-refractivity contribution < 1.29 is 9.21 Å². The standard InChI is InChI=1S/C10H15NO2/c1-7(2)11-10(12)6-9-5-4-8(3)13-9/h4-5,7H,6H2,1-3H3,(H,11,12). The number of carbonyl (C=O) groups excluding carboxylic acids is 1. The predicted molar refractivity (Wildman–Crippen MR) is 50.4 cm³/mol. The summed E-state index contributed by atoms with van der Waals surface area (Å²) in [7, 11) is 0. The first-order valence-electron chi connectivity index (χ1n) is 4.42. The van der Waals surface area contributed by atoms with Gasteiger partial charge in [-0.3, -0.25) is 4.79 Å². The van der Waals surface area contributed by atoms with Crippen LogP contribution in [-0.2, 0) is 11.2 Å². The van der Waals surface area contributed by atoms with E-state index in [0.29, 0.717) is 6.42 Å². The minimum absolute atomic E-state index is 0.00403. The van der Waals surface area contributed by atoms with E-state index in [1.54, 1.807) is 0 Å². The van der Waals surface area contributed by atoms with Crippen molar-refractivity contribution >= 4 is 5.91 Å². The minimum Gasteiger partial charge on any atom is -0.466 e. The summed E-state index contributed by atoms with van der Waals surface area (Å²) in [4.78, 5) is 11.3. The molecule has 72 valence electrons. The summed E-state index contributed by atoms with van der Waals surface area (Å²) in [5.74, 6) is 1.56. The molecule has 0 bridgehead atoms. The predicted octanol–water partition coefficient (Wildman–Crippen LogP) is 1.66. The van der Waals surface area contributed by atoms with Crippen LogP contribution in [0.1, 0.15) is 25.4 Å². The fourth-order valence-corrected chi connectivity index (χ4v) is 1.11. The molecule has 0 aliphatic heterocycles. The van der Waals surface area contributed by atoms with E-state index in [0.717, 1.165) is 11.5 Å². The number of carbonyl (C=O) groups is 1. The van der Waals surface area contributed by atoms with Gasteiger partial charge in [-0.2, -0.15) is 0 Å². The summed E-state index contributed by atoms with van der Waals surface area (Å²) in [6.45, 7) is 5.74. The molecule has 0 unspecified atom stereocenters. The van der Waals surface area contributed by atoms with E-state index >= 15 is 0 Å². The van der Waals surface area contributed by atoms with E-state index in [9.17, 15) is 4.79 Å². The second-order valence-corrected chi connectivity index (χ2v) is 3.41. The lowest BCUT2D eigenvalue weighted by molar-refractivity contribution is -0.121. The van der Waals surface area contributed by atoms with Crippen molar-refractivity contribution in [1.82, 2.24) is 5.32 Å². The van der Waals surface area contributed by atoms with E-state index in [1.807, 2.05) is 32.9 Å². The van der Waals surface area contributed by atoms with Gasteiger partial charge in [-0.05, 0) is 32.9 Å². The van der Waals surface area contributed by atoms with Crippen molar-refractivity contribution in [3.05, 3.63) is 23.7 Å². The van der Waals surface area contributed by atoms with E-state index in [2.05, 4.69) is 5.32 Å². The molecular weight excluding hydrogens is 166 g/mol. The number of aryl methyl sites for hydroxylation is 1. The van der Waals surface area contributed by atoms with Crippen LogP contribution in [-0.4, -0.2) is 11.9 Å². The van der Waals surface area contributed by atoms with Gasteiger partial charge in [-0.1, -0.05) is 0 Å². The Bertz CT molecular complexity index is 289. The van der Waals surface area contributed by atoms with Crippen LogP contribution in [0.5, 0.6) is 0 Å². The number of furan rings is 1. The van der Waals surface area contributed by atoms with Gasteiger partial charge in [0.05, 0.1) is 6.42 Å². The van der Waals surface area contributed by atoms with Crippen molar-refractivity contribution in [1.29, 1.82) is 0 Å². The minimum atomic E-state index is 0.00403. The number of amides is 1. The molecule has 0 saturated carbocycles. The largest absolute Gasteiger partial charge is 0.466 e. The van der Waals surface area contributed by atoms with Gasteiger partial charge >= 0.3 is 0 Å². The molecule has 0 spiro atoms. The zero-order valence-electron chi connectivity index (χ0n) is 8.26. The quantitative estimate of drug-likeness (QED) is 0.770. The zero-order chi connectivity index (χ0) is 9.84. The summed E-state index contributed by atoms with van der Waals surface area (Å²) < 4.78 is 5.27. The molecule has 1 N–H and O–H groups in total. The monoisotopic (exact) mass is 181 g/mol. The first-order valence-corrected chi connectivity index (χ1v) is 4.42. The van der Waals surface area contributed by atoms with Gasteiger partial charge in [0.25, 0.3) is 0 Å². The van der Waals surface area contributed by atoms with Crippen LogP contribution < -0.4 is 5.32 Å². The average Bonchev–Trinajstić information content (AvgIpc) is 2.33. The van der Waals surface area contributed by atoms with E-state index in [1.165, 1.54) is 0 Å². The van der Waals surface area contributed by atoms with Gasteiger partial charge in [0.1, 0.15) is 11.5 Å². The molecule has 0 aromatic carbocycles. The highest BCUT2D eigenvalue weighted by molar-refractivity contribution is 5.78. The second-order valence-electron chi connectivity index (χ2n) is 3.41. The molecule has 3 nitrogen and oxygen atoms in total. The van der Waals surface area contributed by atoms with Crippen molar-refractivity contribution in [3.63, 3.8) is 0 Å². The van der Waals surface area contributed by atoms with E-state index in [-0.39, 0.29) is 11.9 Å². The molecule has 0 radical (unpaired) electrons. The molecule has 0 fully saturated rings. The average molecular weight is 181 g/mol. The van der Waals surface area contributed by atoms with Crippen LogP contribution in [0.3, 0.4) is 0 Å². The fourth-order valence-electron chi connectivity index (χ4n) is 1.11. The summed E-state index contributed by atoms with van der Waals surface area (Å²) in [6.07, 6.45) is 0.325. The maximum atomic E-state index is 11.3. The maximum Gasteiger partial charge on any atom is 0.227 e. The van der Waals surface area contributed by atoms with E-state index in [4.69, 9.17) is 4.42 Å². The molecule has 0 aliphatic rings. The summed E-state index contributed by atoms with van der Waals surface area (Å²) in [5, 5.41) is 2.80. The fraction of sp³-hybridized carbons (Fsp3) is 0.500. The molecule has 3 heteroatoms. The Morgan fingerprint density at radius 2 is 2.23 bits per heavy atom. The Morgan fingerprint density at radius 1 is 1.54 bits per heavy atom. The first kappa shape index (κ1) is 9.84. The lowest BCUT2D eigenvalue weighted by Crippen LogP contribution is -2.31. The molecule has 1 rings (SSSR count). The van der Waals surface area contributed by atoms with Crippen LogP contribution in [0.4, 0.5) is 0 Å². The smallest absolute Gasteiger partial charge is 0.227 e. The molecule has 1 amide bonds. The van der Waals surface area contributed by atoms with Crippen LogP contribution in [0.25, 0.3) is 0 Å². The first-order chi connectivity index (χ1) is 6.08. The highest BCUT2D eigenvalue weighted by Crippen LogP contribution is 2.06. The summed E-state index contributed by atoms with van der Waals surface area (Å²) >= 11 is 0. The second kappa shape index (κ2) is 4.12. The molecule has 0 aliphatic carbocycles. The lowest BCUT2D eigenvalue weighted by atomic mass is 10.3. The molecule has 1 heterocycles. The highest BCUT2D eigenvalue weighted by Gasteiger charge is 2.07. The van der Waals surface area contributed by atoms with Gasteiger partial charge in [-0.25, -0.2) is 0 Å². The van der Waals surface area contributed by atoms with Gasteiger partial charge in [0, 0.05) is 6.04 Å². The Balaban J connectivity index is 2.45. The topological polar surface area (TPSA) is 42.2 Å². The van der Waals surface area contributed by atoms with Crippen molar-refractivity contribution in [2.24, 2.45) is 0 Å². The molecule has 1 aromatic heterocycles. The van der Waals surface area contributed by atoms with Gasteiger partial charge in [0.15, 0.2) is 0 Å². The number of hydrogen-bond acceptors (Lipinski definition) is 2. The Labute approximate surface area is 78.1 Å². The molecular formula is C10H15NO2. The maximum absolute atomic E-state index is 11.3. The molecule has 13 heavy (non-hydrogen) atoms. The van der Waals surface area contributed by atoms with Crippen LogP contribution in [0.15, 0.2) is 16.5 Å². The van der Waals surface area contributed by atoms with Crippen LogP contribution in [0, 0.1) is 6.92 Å². The van der Waals surface area contributed by atoms with Crippen molar-refractivity contribution in [3.8, 4) is 0 Å². The lowest BCUT2D eigenvalue weighted by Gasteiger charge is -2.06. The summed E-state index contributed by atoms with van der Waals surface area (Å²) in [6, 6.07) is 3.87. The van der Waals surface area contributed by atoms with Gasteiger partial charge in [0.2, 0.25) is 5.91 Å². The van der Waals surface area contributed by atoms with Crippen LogP contribution >= 0.6 is 0 Å². The molecule has 0 saturated heterocycles. The molecule has 1 aromatic rings. The highest BCUT2D eigenvalue weighted by atomic mass is 16.3. The van der Waals surface area contributed by atoms with E-state index < -0.39 is 0 Å². The Hall–Kier alpha value is -1.25. The van der Waals surface area contributed by atoms with Crippen molar-refractivity contribution in [2.75, 3.05) is 0 Å². The normalized spacial score (nSPS) is 10.5. The number of nitrogens with one attached hydrogen (secondary N) is 1. The number of rotatable bonds is 3. The van der Waals surface area contributed by atoms with Gasteiger partial charge < -0.3 is 9.73 Å². The third-order valence-corrected chi connectivity index (χ3v) is 1.58. The zero-order valence-corrected chi connectivity index (χ0v) is 8.26. The van der Waals surface area contributed by atoms with Crippen molar-refractivity contribution in [2.45, 2.75) is 33.2 Å². The third-order valence-electron chi connectivity index (χ3n) is 1.58. The Morgan fingerprint density at radius 3 is 2.69 bits per heavy atom. The Kier molecular flexibility index (Phi) is 3.12. The SMILES string of the molecule is Cc1ccc(CC(=O)NC(C)C)o1. The number of hydrogen-bond donors (Lipinski definition) is 1.